The van der Waals surface area contributed by atoms with E-state index >= 15 is 0 Å². The van der Waals surface area contributed by atoms with Crippen molar-refractivity contribution >= 4 is 33.4 Å². The highest BCUT2D eigenvalue weighted by molar-refractivity contribution is 7.18. The lowest BCUT2D eigenvalue weighted by atomic mass is 9.82. The van der Waals surface area contributed by atoms with Crippen LogP contribution in [0.3, 0.4) is 0 Å². The third-order valence-corrected chi connectivity index (χ3v) is 5.50. The van der Waals surface area contributed by atoms with Crippen LogP contribution in [-0.2, 0) is 9.59 Å². The molecule has 2 N–H and O–H groups in total. The number of thiazole rings is 1. The number of allylic oxidation sites excluding steroid dienone is 2. The van der Waals surface area contributed by atoms with Crippen LogP contribution >= 0.6 is 11.3 Å². The highest BCUT2D eigenvalue weighted by atomic mass is 32.1. The molecule has 1 heterocycles. The Hall–Kier alpha value is -2.21. The van der Waals surface area contributed by atoms with Crippen molar-refractivity contribution in [1.82, 2.24) is 15.6 Å². The number of para-hydroxylation sites is 1. The van der Waals surface area contributed by atoms with Gasteiger partial charge >= 0.3 is 0 Å². The van der Waals surface area contributed by atoms with E-state index in [4.69, 9.17) is 4.98 Å². The quantitative estimate of drug-likeness (QED) is 0.810. The topological polar surface area (TPSA) is 71.1 Å². The van der Waals surface area contributed by atoms with Crippen LogP contribution in [0.2, 0.25) is 0 Å². The number of amides is 2. The van der Waals surface area contributed by atoms with Crippen LogP contribution in [0.15, 0.2) is 36.4 Å². The third kappa shape index (κ3) is 4.49. The minimum absolute atomic E-state index is 0.00286. The Morgan fingerprint density at radius 2 is 1.92 bits per heavy atom. The summed E-state index contributed by atoms with van der Waals surface area (Å²) < 4.78 is 1.14. The predicted octanol–water partition coefficient (Wildman–Crippen LogP) is 3.38. The van der Waals surface area contributed by atoms with Crippen molar-refractivity contribution in [2.75, 3.05) is 6.54 Å². The van der Waals surface area contributed by atoms with Gasteiger partial charge in [0.1, 0.15) is 0 Å². The van der Waals surface area contributed by atoms with Crippen molar-refractivity contribution < 1.29 is 9.59 Å². The minimum Gasteiger partial charge on any atom is -0.350 e. The molecule has 0 aliphatic heterocycles. The summed E-state index contributed by atoms with van der Waals surface area (Å²) in [6.45, 7) is 5.76. The summed E-state index contributed by atoms with van der Waals surface area (Å²) in [6, 6.07) is 8.04. The van der Waals surface area contributed by atoms with Crippen LogP contribution in [0, 0.1) is 5.92 Å². The van der Waals surface area contributed by atoms with Gasteiger partial charge in [-0.05, 0) is 45.7 Å². The van der Waals surface area contributed by atoms with Crippen molar-refractivity contribution in [1.29, 1.82) is 0 Å². The first-order chi connectivity index (χ1) is 12.3. The van der Waals surface area contributed by atoms with Crippen LogP contribution in [0.1, 0.15) is 44.5 Å². The van der Waals surface area contributed by atoms with E-state index in [0.29, 0.717) is 6.42 Å². The van der Waals surface area contributed by atoms with Crippen LogP contribution in [0.25, 0.3) is 10.2 Å². The van der Waals surface area contributed by atoms with Gasteiger partial charge in [-0.15, -0.1) is 11.3 Å². The molecule has 1 aliphatic rings. The number of nitrogens with one attached hydrogen (secondary N) is 2. The molecule has 0 saturated heterocycles. The van der Waals surface area contributed by atoms with Gasteiger partial charge in [0.2, 0.25) is 11.8 Å². The molecule has 0 fully saturated rings. The van der Waals surface area contributed by atoms with Crippen molar-refractivity contribution in [3.63, 3.8) is 0 Å². The van der Waals surface area contributed by atoms with Crippen molar-refractivity contribution in [3.8, 4) is 0 Å². The van der Waals surface area contributed by atoms with E-state index in [1.54, 1.807) is 11.3 Å². The zero-order valence-corrected chi connectivity index (χ0v) is 16.2. The molecule has 0 bridgehead atoms. The molecule has 1 aromatic carbocycles. The first kappa shape index (κ1) is 18.6. The first-order valence-corrected chi connectivity index (χ1v) is 9.74. The Labute approximate surface area is 157 Å². The lowest BCUT2D eigenvalue weighted by Crippen LogP contribution is -2.47. The Bertz CT molecular complexity index is 802. The van der Waals surface area contributed by atoms with E-state index in [9.17, 15) is 9.59 Å². The van der Waals surface area contributed by atoms with Gasteiger partial charge in [-0.2, -0.15) is 0 Å². The minimum atomic E-state index is -0.307. The van der Waals surface area contributed by atoms with E-state index in [2.05, 4.69) is 22.8 Å². The fraction of sp³-hybridized carbons (Fsp3) is 0.450. The summed E-state index contributed by atoms with van der Waals surface area (Å²) >= 11 is 1.65. The highest BCUT2D eigenvalue weighted by Gasteiger charge is 2.32. The number of rotatable bonds is 4. The number of nitrogens with zero attached hydrogens (tertiary/aromatic N) is 1. The van der Waals surface area contributed by atoms with Crippen LogP contribution in [-0.4, -0.2) is 28.9 Å². The lowest BCUT2D eigenvalue weighted by Gasteiger charge is -2.26. The Kier molecular flexibility index (Phi) is 5.41. The van der Waals surface area contributed by atoms with Crippen molar-refractivity contribution in [2.45, 2.75) is 45.1 Å². The highest BCUT2D eigenvalue weighted by Crippen LogP contribution is 2.38. The molecular weight excluding hydrogens is 346 g/mol. The van der Waals surface area contributed by atoms with Crippen LogP contribution in [0.4, 0.5) is 0 Å². The number of fused-ring (bicyclic) bond motifs is 1. The number of hydrogen-bond donors (Lipinski definition) is 2. The second kappa shape index (κ2) is 7.58. The molecular formula is C20H25N3O2S. The second-order valence-corrected chi connectivity index (χ2v) is 8.75. The zero-order valence-electron chi connectivity index (χ0n) is 15.4. The van der Waals surface area contributed by atoms with E-state index in [1.165, 1.54) is 0 Å². The van der Waals surface area contributed by atoms with Gasteiger partial charge in [0.25, 0.3) is 0 Å². The normalized spacial score (nSPS) is 20.1. The van der Waals surface area contributed by atoms with Gasteiger partial charge < -0.3 is 10.6 Å². The molecule has 0 spiro atoms. The van der Waals surface area contributed by atoms with Gasteiger partial charge in [0.15, 0.2) is 0 Å². The maximum Gasteiger partial charge on any atom is 0.239 e. The Morgan fingerprint density at radius 1 is 1.19 bits per heavy atom. The molecule has 5 nitrogen and oxygen atoms in total. The number of aromatic nitrogens is 1. The standard InChI is InChI=1S/C20H25N3O2S/c1-20(2,3)23-17(24)12-21-18(25)13-8-4-5-9-14(13)19-22-15-10-6-7-11-16(15)26-19/h4-7,10-11,13-14H,8-9,12H2,1-3H3,(H,21,25)(H,23,24). The zero-order chi connectivity index (χ0) is 18.7. The molecule has 26 heavy (non-hydrogen) atoms. The molecule has 0 radical (unpaired) electrons. The third-order valence-electron chi connectivity index (χ3n) is 4.33. The van der Waals surface area contributed by atoms with Gasteiger partial charge in [-0.25, -0.2) is 4.98 Å². The average molecular weight is 372 g/mol. The fourth-order valence-corrected chi connectivity index (χ4v) is 4.33. The SMILES string of the molecule is CC(C)(C)NC(=O)CNC(=O)C1CC=CCC1c1nc2ccccc2s1. The molecule has 138 valence electrons. The van der Waals surface area contributed by atoms with Crippen LogP contribution in [0.5, 0.6) is 0 Å². The molecule has 0 saturated carbocycles. The fourth-order valence-electron chi connectivity index (χ4n) is 3.19. The molecule has 1 aromatic heterocycles. The molecule has 3 rings (SSSR count). The monoisotopic (exact) mass is 371 g/mol. The Balaban J connectivity index is 1.69. The van der Waals surface area contributed by atoms with Crippen LogP contribution < -0.4 is 10.6 Å². The largest absolute Gasteiger partial charge is 0.350 e. The predicted molar refractivity (Wildman–Crippen MR) is 105 cm³/mol. The summed E-state index contributed by atoms with van der Waals surface area (Å²) in [6.07, 6.45) is 5.63. The van der Waals surface area contributed by atoms with Crippen molar-refractivity contribution in [2.24, 2.45) is 5.92 Å². The maximum atomic E-state index is 12.7. The molecule has 1 aliphatic carbocycles. The van der Waals surface area contributed by atoms with Gasteiger partial charge in [0, 0.05) is 11.5 Å². The van der Waals surface area contributed by atoms with Gasteiger partial charge in [-0.3, -0.25) is 9.59 Å². The van der Waals surface area contributed by atoms with E-state index in [1.807, 2.05) is 45.0 Å². The van der Waals surface area contributed by atoms with Crippen molar-refractivity contribution in [3.05, 3.63) is 41.4 Å². The first-order valence-electron chi connectivity index (χ1n) is 8.93. The number of carbonyl (C=O) groups is 2. The number of hydrogen-bond acceptors (Lipinski definition) is 4. The number of carbonyl (C=O) groups excluding carboxylic acids is 2. The van der Waals surface area contributed by atoms with Gasteiger partial charge in [-0.1, -0.05) is 24.3 Å². The average Bonchev–Trinajstić information content (AvgIpc) is 3.02. The summed E-state index contributed by atoms with van der Waals surface area (Å²) in [5.41, 5.74) is 0.671. The summed E-state index contributed by atoms with van der Waals surface area (Å²) in [5.74, 6) is -0.387. The van der Waals surface area contributed by atoms with E-state index in [-0.39, 0.29) is 35.7 Å². The summed E-state index contributed by atoms with van der Waals surface area (Å²) in [4.78, 5) is 29.4. The molecule has 6 heteroatoms. The van der Waals surface area contributed by atoms with Gasteiger partial charge in [0.05, 0.1) is 27.7 Å². The van der Waals surface area contributed by atoms with E-state index < -0.39 is 0 Å². The molecule has 2 unspecified atom stereocenters. The number of benzene rings is 1. The summed E-state index contributed by atoms with van der Waals surface area (Å²) in [5, 5.41) is 6.66. The lowest BCUT2D eigenvalue weighted by molar-refractivity contribution is -0.129. The Morgan fingerprint density at radius 3 is 2.65 bits per heavy atom. The summed E-state index contributed by atoms with van der Waals surface area (Å²) in [7, 11) is 0. The molecule has 2 amide bonds. The maximum absolute atomic E-state index is 12.7. The van der Waals surface area contributed by atoms with E-state index in [0.717, 1.165) is 21.6 Å². The second-order valence-electron chi connectivity index (χ2n) is 7.69. The smallest absolute Gasteiger partial charge is 0.239 e. The molecule has 2 atom stereocenters. The molecule has 2 aromatic rings.